The van der Waals surface area contributed by atoms with Gasteiger partial charge < -0.3 is 10.4 Å². The highest BCUT2D eigenvalue weighted by atomic mass is 16.2. The molecule has 0 saturated carbocycles. The predicted molar refractivity (Wildman–Crippen MR) is 76.1 cm³/mol. The van der Waals surface area contributed by atoms with Crippen molar-refractivity contribution in [1.82, 2.24) is 20.0 Å². The molecule has 21 heavy (non-hydrogen) atoms. The number of hydrogen-bond acceptors (Lipinski definition) is 5. The van der Waals surface area contributed by atoms with Crippen LogP contribution in [0.5, 0.6) is 0 Å². The SMILES string of the molecule is O=C(CCn1ccnn1)Nc1cc(C#CCCO)ccn1. The molecule has 108 valence electrons. The zero-order chi connectivity index (χ0) is 14.9. The number of anilines is 1. The maximum Gasteiger partial charge on any atom is 0.227 e. The number of pyridine rings is 1. The monoisotopic (exact) mass is 285 g/mol. The molecule has 0 bridgehead atoms. The first-order valence-electron chi connectivity index (χ1n) is 6.47. The molecular formula is C14H15N5O2. The van der Waals surface area contributed by atoms with E-state index in [1.54, 1.807) is 35.4 Å². The van der Waals surface area contributed by atoms with Crippen LogP contribution in [-0.4, -0.2) is 37.6 Å². The van der Waals surface area contributed by atoms with Crippen LogP contribution in [0.3, 0.4) is 0 Å². The minimum atomic E-state index is -0.154. The Balaban J connectivity index is 1.88. The van der Waals surface area contributed by atoms with E-state index in [1.165, 1.54) is 0 Å². The molecule has 2 rings (SSSR count). The number of carbonyl (C=O) groups excluding carboxylic acids is 1. The van der Waals surface area contributed by atoms with Crippen LogP contribution in [0, 0.1) is 11.8 Å². The number of nitrogens with one attached hydrogen (secondary N) is 1. The molecule has 0 saturated heterocycles. The Morgan fingerprint density at radius 2 is 2.33 bits per heavy atom. The van der Waals surface area contributed by atoms with Crippen molar-refractivity contribution in [3.63, 3.8) is 0 Å². The number of hydrogen-bond donors (Lipinski definition) is 2. The van der Waals surface area contributed by atoms with Crippen molar-refractivity contribution in [2.75, 3.05) is 11.9 Å². The third-order valence-corrected chi connectivity index (χ3v) is 2.54. The van der Waals surface area contributed by atoms with Crippen molar-refractivity contribution in [2.24, 2.45) is 0 Å². The fourth-order valence-electron chi connectivity index (χ4n) is 1.57. The molecule has 0 fully saturated rings. The van der Waals surface area contributed by atoms with Crippen molar-refractivity contribution in [3.05, 3.63) is 36.3 Å². The highest BCUT2D eigenvalue weighted by Gasteiger charge is 2.04. The topological polar surface area (TPSA) is 92.9 Å². The number of carbonyl (C=O) groups is 1. The molecule has 2 N–H and O–H groups in total. The molecule has 0 aliphatic carbocycles. The van der Waals surface area contributed by atoms with E-state index in [0.29, 0.717) is 18.8 Å². The molecule has 2 aromatic heterocycles. The summed E-state index contributed by atoms with van der Waals surface area (Å²) >= 11 is 0. The van der Waals surface area contributed by atoms with Gasteiger partial charge in [0, 0.05) is 30.8 Å². The van der Waals surface area contributed by atoms with Crippen LogP contribution in [0.2, 0.25) is 0 Å². The van der Waals surface area contributed by atoms with Crippen LogP contribution >= 0.6 is 0 Å². The maximum absolute atomic E-state index is 11.8. The first-order chi connectivity index (χ1) is 10.3. The molecule has 7 nitrogen and oxygen atoms in total. The number of rotatable bonds is 5. The molecule has 0 atom stereocenters. The lowest BCUT2D eigenvalue weighted by molar-refractivity contribution is -0.116. The summed E-state index contributed by atoms with van der Waals surface area (Å²) in [6.07, 6.45) is 5.54. The van der Waals surface area contributed by atoms with Crippen molar-refractivity contribution in [3.8, 4) is 11.8 Å². The van der Waals surface area contributed by atoms with Gasteiger partial charge in [-0.15, -0.1) is 5.10 Å². The zero-order valence-electron chi connectivity index (χ0n) is 11.4. The fraction of sp³-hybridized carbons (Fsp3) is 0.286. The van der Waals surface area contributed by atoms with Gasteiger partial charge in [0.1, 0.15) is 5.82 Å². The first kappa shape index (κ1) is 14.7. The van der Waals surface area contributed by atoms with Gasteiger partial charge in [-0.1, -0.05) is 17.1 Å². The number of amides is 1. The second-order valence-electron chi connectivity index (χ2n) is 4.17. The first-order valence-corrected chi connectivity index (χ1v) is 6.47. The third kappa shape index (κ3) is 5.04. The number of aliphatic hydroxyl groups is 1. The van der Waals surface area contributed by atoms with E-state index in [9.17, 15) is 4.79 Å². The van der Waals surface area contributed by atoms with Gasteiger partial charge in [0.15, 0.2) is 0 Å². The fourth-order valence-corrected chi connectivity index (χ4v) is 1.57. The Hall–Kier alpha value is -2.72. The summed E-state index contributed by atoms with van der Waals surface area (Å²) in [5.41, 5.74) is 0.741. The van der Waals surface area contributed by atoms with E-state index in [0.717, 1.165) is 5.56 Å². The van der Waals surface area contributed by atoms with Gasteiger partial charge in [0.25, 0.3) is 0 Å². The normalized spacial score (nSPS) is 9.76. The minimum absolute atomic E-state index is 0.0317. The van der Waals surface area contributed by atoms with Crippen LogP contribution < -0.4 is 5.32 Å². The summed E-state index contributed by atoms with van der Waals surface area (Å²) in [7, 11) is 0. The standard InChI is InChI=1S/C14H15N5O2/c20-10-2-1-3-12-4-6-15-13(11-12)17-14(21)5-8-19-9-7-16-18-19/h4,6-7,9,11,20H,2,5,8,10H2,(H,15,17,21). The van der Waals surface area contributed by atoms with Crippen LogP contribution in [0.1, 0.15) is 18.4 Å². The quantitative estimate of drug-likeness (QED) is 0.777. The van der Waals surface area contributed by atoms with E-state index in [1.807, 2.05) is 0 Å². The van der Waals surface area contributed by atoms with Crippen LogP contribution in [0.4, 0.5) is 5.82 Å². The molecule has 0 aliphatic rings. The van der Waals surface area contributed by atoms with Gasteiger partial charge in [-0.05, 0) is 12.1 Å². The Morgan fingerprint density at radius 1 is 1.43 bits per heavy atom. The molecule has 0 radical (unpaired) electrons. The molecule has 0 unspecified atom stereocenters. The van der Waals surface area contributed by atoms with E-state index in [-0.39, 0.29) is 18.9 Å². The Labute approximate surface area is 122 Å². The second-order valence-corrected chi connectivity index (χ2v) is 4.17. The summed E-state index contributed by atoms with van der Waals surface area (Å²) in [4.78, 5) is 15.9. The molecule has 1 amide bonds. The number of aromatic nitrogens is 4. The van der Waals surface area contributed by atoms with Crippen LogP contribution in [0.25, 0.3) is 0 Å². The van der Waals surface area contributed by atoms with Crippen molar-refractivity contribution in [2.45, 2.75) is 19.4 Å². The minimum Gasteiger partial charge on any atom is -0.395 e. The smallest absolute Gasteiger partial charge is 0.227 e. The lowest BCUT2D eigenvalue weighted by Gasteiger charge is -2.04. The predicted octanol–water partition coefficient (Wildman–Crippen LogP) is 0.436. The molecule has 2 heterocycles. The van der Waals surface area contributed by atoms with Gasteiger partial charge in [-0.2, -0.15) is 0 Å². The Bertz CT molecular complexity index is 643. The summed E-state index contributed by atoms with van der Waals surface area (Å²) < 4.78 is 1.59. The second kappa shape index (κ2) is 7.77. The summed E-state index contributed by atoms with van der Waals surface area (Å²) in [5.74, 6) is 6.01. The van der Waals surface area contributed by atoms with Gasteiger partial charge in [-0.3, -0.25) is 9.48 Å². The number of aliphatic hydroxyl groups excluding tert-OH is 1. The van der Waals surface area contributed by atoms with Crippen LogP contribution in [0.15, 0.2) is 30.7 Å². The lowest BCUT2D eigenvalue weighted by Crippen LogP contribution is -2.15. The molecule has 2 aromatic rings. The van der Waals surface area contributed by atoms with Gasteiger partial charge in [0.2, 0.25) is 5.91 Å². The maximum atomic E-state index is 11.8. The van der Waals surface area contributed by atoms with Crippen LogP contribution in [-0.2, 0) is 11.3 Å². The van der Waals surface area contributed by atoms with Gasteiger partial charge >= 0.3 is 0 Å². The molecule has 0 aromatic carbocycles. The van der Waals surface area contributed by atoms with E-state index >= 15 is 0 Å². The number of nitrogens with zero attached hydrogens (tertiary/aromatic N) is 4. The van der Waals surface area contributed by atoms with E-state index < -0.39 is 0 Å². The van der Waals surface area contributed by atoms with E-state index in [2.05, 4.69) is 32.5 Å². The van der Waals surface area contributed by atoms with Crippen molar-refractivity contribution < 1.29 is 9.90 Å². The number of aryl methyl sites for hydroxylation is 1. The van der Waals surface area contributed by atoms with Crippen molar-refractivity contribution >= 4 is 11.7 Å². The average Bonchev–Trinajstić information content (AvgIpc) is 2.99. The highest BCUT2D eigenvalue weighted by molar-refractivity contribution is 5.89. The molecule has 0 spiro atoms. The lowest BCUT2D eigenvalue weighted by atomic mass is 10.2. The summed E-state index contributed by atoms with van der Waals surface area (Å²) in [6.45, 7) is 0.492. The largest absolute Gasteiger partial charge is 0.395 e. The molecular weight excluding hydrogens is 270 g/mol. The van der Waals surface area contributed by atoms with Crippen molar-refractivity contribution in [1.29, 1.82) is 0 Å². The van der Waals surface area contributed by atoms with Gasteiger partial charge in [0.05, 0.1) is 19.3 Å². The third-order valence-electron chi connectivity index (χ3n) is 2.54. The molecule has 7 heteroatoms. The van der Waals surface area contributed by atoms with E-state index in [4.69, 9.17) is 5.11 Å². The summed E-state index contributed by atoms with van der Waals surface area (Å²) in [5, 5.41) is 18.8. The average molecular weight is 285 g/mol. The Kier molecular flexibility index (Phi) is 5.43. The molecule has 0 aliphatic heterocycles. The van der Waals surface area contributed by atoms with Gasteiger partial charge in [-0.25, -0.2) is 4.98 Å². The zero-order valence-corrected chi connectivity index (χ0v) is 11.4. The highest BCUT2D eigenvalue weighted by Crippen LogP contribution is 2.06. The Morgan fingerprint density at radius 3 is 3.10 bits per heavy atom. The summed E-state index contributed by atoms with van der Waals surface area (Å²) in [6, 6.07) is 3.44.